The predicted octanol–water partition coefficient (Wildman–Crippen LogP) is 4.09. The topological polar surface area (TPSA) is 64.9 Å². The van der Waals surface area contributed by atoms with Crippen molar-refractivity contribution in [2.45, 2.75) is 13.0 Å². The predicted molar refractivity (Wildman–Crippen MR) is 83.2 cm³/mol. The van der Waals surface area contributed by atoms with Gasteiger partial charge in [-0.3, -0.25) is 0 Å². The van der Waals surface area contributed by atoms with Crippen LogP contribution in [0.1, 0.15) is 24.1 Å². The highest BCUT2D eigenvalue weighted by Crippen LogP contribution is 2.20. The molecule has 0 radical (unpaired) electrons. The summed E-state index contributed by atoms with van der Waals surface area (Å²) in [5, 5.41) is 14.6. The van der Waals surface area contributed by atoms with E-state index in [1.807, 2.05) is 43.3 Å². The van der Waals surface area contributed by atoms with E-state index in [1.165, 1.54) is 0 Å². The zero-order chi connectivity index (χ0) is 15.2. The van der Waals surface area contributed by atoms with Gasteiger partial charge in [-0.1, -0.05) is 41.9 Å². The summed E-state index contributed by atoms with van der Waals surface area (Å²) < 4.78 is 0. The molecular formula is C16H14ClN3O. The van der Waals surface area contributed by atoms with Crippen LogP contribution < -0.4 is 10.6 Å². The molecule has 1 atom stereocenters. The maximum absolute atomic E-state index is 11.9. The summed E-state index contributed by atoms with van der Waals surface area (Å²) in [6.07, 6.45) is 0. The van der Waals surface area contributed by atoms with Crippen LogP contribution in [-0.2, 0) is 0 Å². The summed E-state index contributed by atoms with van der Waals surface area (Å²) in [7, 11) is 0. The standard InChI is InChI=1S/C16H14ClN3O/c1-11(12-5-3-2-4-6-12)19-16(21)20-14-8-7-13(10-18)15(17)9-14/h2-9,11H,1H3,(H2,19,20,21)/t11-/m0/s1. The fourth-order valence-electron chi connectivity index (χ4n) is 1.87. The molecule has 2 amide bonds. The zero-order valence-electron chi connectivity index (χ0n) is 11.4. The second kappa shape index (κ2) is 6.78. The minimum atomic E-state index is -0.327. The number of hydrogen-bond acceptors (Lipinski definition) is 2. The molecule has 4 nitrogen and oxygen atoms in total. The van der Waals surface area contributed by atoms with Gasteiger partial charge in [0.15, 0.2) is 0 Å². The first-order chi connectivity index (χ1) is 10.1. The van der Waals surface area contributed by atoms with E-state index in [0.717, 1.165) is 5.56 Å². The van der Waals surface area contributed by atoms with Crippen LogP contribution in [0.15, 0.2) is 48.5 Å². The van der Waals surface area contributed by atoms with Crippen molar-refractivity contribution in [3.05, 3.63) is 64.7 Å². The Labute approximate surface area is 128 Å². The van der Waals surface area contributed by atoms with Gasteiger partial charge in [0, 0.05) is 5.69 Å². The van der Waals surface area contributed by atoms with Gasteiger partial charge in [-0.25, -0.2) is 4.79 Å². The molecule has 21 heavy (non-hydrogen) atoms. The van der Waals surface area contributed by atoms with E-state index in [2.05, 4.69) is 10.6 Å². The second-order valence-corrected chi connectivity index (χ2v) is 4.94. The first-order valence-electron chi connectivity index (χ1n) is 6.42. The highest BCUT2D eigenvalue weighted by Gasteiger charge is 2.09. The van der Waals surface area contributed by atoms with E-state index < -0.39 is 0 Å². The molecule has 2 rings (SSSR count). The van der Waals surface area contributed by atoms with E-state index in [4.69, 9.17) is 16.9 Å². The molecular weight excluding hydrogens is 286 g/mol. The smallest absolute Gasteiger partial charge is 0.319 e. The molecule has 0 saturated heterocycles. The zero-order valence-corrected chi connectivity index (χ0v) is 12.2. The van der Waals surface area contributed by atoms with Crippen molar-refractivity contribution in [3.63, 3.8) is 0 Å². The molecule has 0 spiro atoms. The third kappa shape index (κ3) is 3.98. The molecule has 0 aliphatic rings. The summed E-state index contributed by atoms with van der Waals surface area (Å²) >= 11 is 5.92. The lowest BCUT2D eigenvalue weighted by Gasteiger charge is -2.15. The van der Waals surface area contributed by atoms with Crippen LogP contribution in [-0.4, -0.2) is 6.03 Å². The number of rotatable bonds is 3. The number of urea groups is 1. The van der Waals surface area contributed by atoms with Crippen LogP contribution in [0.4, 0.5) is 10.5 Å². The number of hydrogen-bond donors (Lipinski definition) is 2. The Morgan fingerprint density at radius 1 is 1.24 bits per heavy atom. The van der Waals surface area contributed by atoms with Gasteiger partial charge in [-0.2, -0.15) is 5.26 Å². The van der Waals surface area contributed by atoms with E-state index in [0.29, 0.717) is 16.3 Å². The molecule has 0 fully saturated rings. The molecule has 0 aliphatic heterocycles. The molecule has 0 aliphatic carbocycles. The van der Waals surface area contributed by atoms with Gasteiger partial charge < -0.3 is 10.6 Å². The molecule has 2 aromatic carbocycles. The summed E-state index contributed by atoms with van der Waals surface area (Å²) in [6.45, 7) is 1.90. The number of nitrogens with zero attached hydrogens (tertiary/aromatic N) is 1. The number of amides is 2. The Morgan fingerprint density at radius 3 is 2.57 bits per heavy atom. The van der Waals surface area contributed by atoms with E-state index >= 15 is 0 Å². The van der Waals surface area contributed by atoms with Gasteiger partial charge in [-0.15, -0.1) is 0 Å². The van der Waals surface area contributed by atoms with E-state index in [9.17, 15) is 4.79 Å². The number of carbonyl (C=O) groups excluding carboxylic acids is 1. The second-order valence-electron chi connectivity index (χ2n) is 4.54. The molecule has 0 heterocycles. The Balaban J connectivity index is 1.99. The molecule has 0 saturated carbocycles. The van der Waals surface area contributed by atoms with E-state index in [-0.39, 0.29) is 12.1 Å². The summed E-state index contributed by atoms with van der Waals surface area (Å²) in [6, 6.07) is 16.0. The van der Waals surface area contributed by atoms with Gasteiger partial charge in [-0.05, 0) is 30.7 Å². The SMILES string of the molecule is C[C@H](NC(=O)Nc1ccc(C#N)c(Cl)c1)c1ccccc1. The number of halogens is 1. The first-order valence-corrected chi connectivity index (χ1v) is 6.80. The van der Waals surface area contributed by atoms with Crippen LogP contribution in [0.25, 0.3) is 0 Å². The Kier molecular flexibility index (Phi) is 4.81. The normalized spacial score (nSPS) is 11.3. The molecule has 5 heteroatoms. The minimum Gasteiger partial charge on any atom is -0.331 e. The van der Waals surface area contributed by atoms with Crippen LogP contribution in [0.5, 0.6) is 0 Å². The van der Waals surface area contributed by atoms with Gasteiger partial charge >= 0.3 is 6.03 Å². The lowest BCUT2D eigenvalue weighted by atomic mass is 10.1. The Morgan fingerprint density at radius 2 is 1.95 bits per heavy atom. The van der Waals surface area contributed by atoms with Crippen molar-refractivity contribution >= 4 is 23.3 Å². The summed E-state index contributed by atoms with van der Waals surface area (Å²) in [5.41, 5.74) is 1.93. The van der Waals surface area contributed by atoms with E-state index in [1.54, 1.807) is 18.2 Å². The third-order valence-electron chi connectivity index (χ3n) is 2.99. The Hall–Kier alpha value is -2.51. The number of carbonyl (C=O) groups is 1. The molecule has 2 N–H and O–H groups in total. The van der Waals surface area contributed by atoms with Crippen LogP contribution in [0, 0.1) is 11.3 Å². The Bertz CT molecular complexity index is 680. The van der Waals surface area contributed by atoms with Gasteiger partial charge in [0.05, 0.1) is 16.6 Å². The molecule has 2 aromatic rings. The quantitative estimate of drug-likeness (QED) is 0.896. The maximum atomic E-state index is 11.9. The number of anilines is 1. The lowest BCUT2D eigenvalue weighted by molar-refractivity contribution is 0.249. The van der Waals surface area contributed by atoms with Crippen molar-refractivity contribution < 1.29 is 4.79 Å². The monoisotopic (exact) mass is 299 g/mol. The summed E-state index contributed by atoms with van der Waals surface area (Å²) in [5.74, 6) is 0. The fraction of sp³-hybridized carbons (Fsp3) is 0.125. The van der Waals surface area contributed by atoms with Crippen molar-refractivity contribution in [2.75, 3.05) is 5.32 Å². The van der Waals surface area contributed by atoms with Gasteiger partial charge in [0.2, 0.25) is 0 Å². The molecule has 0 unspecified atom stereocenters. The van der Waals surface area contributed by atoms with Crippen molar-refractivity contribution in [3.8, 4) is 6.07 Å². The largest absolute Gasteiger partial charge is 0.331 e. The van der Waals surface area contributed by atoms with Gasteiger partial charge in [0.25, 0.3) is 0 Å². The molecule has 106 valence electrons. The first kappa shape index (κ1) is 14.9. The van der Waals surface area contributed by atoms with Crippen molar-refractivity contribution in [1.29, 1.82) is 5.26 Å². The average Bonchev–Trinajstić information content (AvgIpc) is 2.48. The fourth-order valence-corrected chi connectivity index (χ4v) is 2.10. The maximum Gasteiger partial charge on any atom is 0.319 e. The average molecular weight is 300 g/mol. The van der Waals surface area contributed by atoms with Gasteiger partial charge in [0.1, 0.15) is 6.07 Å². The van der Waals surface area contributed by atoms with Crippen LogP contribution in [0.3, 0.4) is 0 Å². The number of benzene rings is 2. The third-order valence-corrected chi connectivity index (χ3v) is 3.31. The van der Waals surface area contributed by atoms with Crippen LogP contribution >= 0.6 is 11.6 Å². The highest BCUT2D eigenvalue weighted by molar-refractivity contribution is 6.32. The van der Waals surface area contributed by atoms with Crippen LogP contribution in [0.2, 0.25) is 5.02 Å². The summed E-state index contributed by atoms with van der Waals surface area (Å²) in [4.78, 5) is 11.9. The lowest BCUT2D eigenvalue weighted by Crippen LogP contribution is -2.31. The number of nitriles is 1. The molecule has 0 bridgehead atoms. The van der Waals surface area contributed by atoms with Crippen molar-refractivity contribution in [2.24, 2.45) is 0 Å². The highest BCUT2D eigenvalue weighted by atomic mass is 35.5. The molecule has 0 aromatic heterocycles. The number of nitrogens with one attached hydrogen (secondary N) is 2. The van der Waals surface area contributed by atoms with Crippen molar-refractivity contribution in [1.82, 2.24) is 5.32 Å². The minimum absolute atomic E-state index is 0.111.